The molecule has 0 aliphatic carbocycles. The van der Waals surface area contributed by atoms with E-state index in [1.807, 2.05) is 0 Å². The third-order valence-electron chi connectivity index (χ3n) is 0.129. The summed E-state index contributed by atoms with van der Waals surface area (Å²) in [5.41, 5.74) is 0. The fourth-order valence-electron chi connectivity index (χ4n) is 0. The van der Waals surface area contributed by atoms with Crippen LogP contribution in [0.15, 0.2) is 0 Å². The van der Waals surface area contributed by atoms with Crippen LogP contribution in [0.3, 0.4) is 0 Å². The SMILES string of the molecule is CC(=O)OO.[K+].[O]=[Mn](=[O])(=[O])[O-]. The molecule has 0 atom stereocenters. The van der Waals surface area contributed by atoms with Gasteiger partial charge in [-0.15, -0.1) is 0 Å². The summed E-state index contributed by atoms with van der Waals surface area (Å²) in [7, 11) is 0. The Hall–Kier alpha value is 0.946. The van der Waals surface area contributed by atoms with Crippen molar-refractivity contribution in [3.63, 3.8) is 0 Å². The van der Waals surface area contributed by atoms with Crippen LogP contribution in [0.25, 0.3) is 0 Å². The topological polar surface area (TPSA) is 121 Å². The molecule has 11 heavy (non-hydrogen) atoms. The molecule has 0 bridgehead atoms. The summed E-state index contributed by atoms with van der Waals surface area (Å²) in [5.74, 6) is -0.690. The molecule has 7 nitrogen and oxygen atoms in total. The second kappa shape index (κ2) is 9.04. The van der Waals surface area contributed by atoms with Crippen LogP contribution in [-0.4, -0.2) is 11.2 Å². The molecule has 1 N–H and O–H groups in total. The van der Waals surface area contributed by atoms with E-state index in [0.717, 1.165) is 6.92 Å². The molecule has 0 aliphatic heterocycles. The quantitative estimate of drug-likeness (QED) is 0.254. The van der Waals surface area contributed by atoms with Gasteiger partial charge in [-0.25, -0.2) is 4.79 Å². The van der Waals surface area contributed by atoms with Crippen molar-refractivity contribution < 1.29 is 95.0 Å². The van der Waals surface area contributed by atoms with Crippen LogP contribution in [0.2, 0.25) is 0 Å². The Balaban J connectivity index is -0.000000107. The fourth-order valence-corrected chi connectivity index (χ4v) is 0. The van der Waals surface area contributed by atoms with E-state index in [1.165, 1.54) is 0 Å². The van der Waals surface area contributed by atoms with E-state index in [4.69, 9.17) is 21.0 Å². The van der Waals surface area contributed by atoms with Gasteiger partial charge < -0.3 is 4.89 Å². The summed E-state index contributed by atoms with van der Waals surface area (Å²) < 4.78 is 34.3. The predicted molar refractivity (Wildman–Crippen MR) is 16.5 cm³/mol. The van der Waals surface area contributed by atoms with Gasteiger partial charge in [0.15, 0.2) is 0 Å². The van der Waals surface area contributed by atoms with Crippen molar-refractivity contribution in [3.05, 3.63) is 0 Å². The summed E-state index contributed by atoms with van der Waals surface area (Å²) in [5, 5.41) is 7.29. The Morgan fingerprint density at radius 2 is 1.55 bits per heavy atom. The van der Waals surface area contributed by atoms with E-state index in [-0.39, 0.29) is 51.4 Å². The molecule has 0 saturated heterocycles. The van der Waals surface area contributed by atoms with Crippen molar-refractivity contribution in [3.8, 4) is 0 Å². The number of rotatable bonds is 0. The van der Waals surface area contributed by atoms with Gasteiger partial charge in [-0.05, 0) is 0 Å². The Bertz CT molecular complexity index is 218. The van der Waals surface area contributed by atoms with E-state index < -0.39 is 18.9 Å². The molecule has 9 heteroatoms. The molecule has 0 radical (unpaired) electrons. The second-order valence-electron chi connectivity index (χ2n) is 0.961. The Morgan fingerprint density at radius 1 is 1.45 bits per heavy atom. The van der Waals surface area contributed by atoms with Crippen molar-refractivity contribution in [2.45, 2.75) is 6.92 Å². The zero-order valence-electron chi connectivity index (χ0n) is 5.77. The first-order valence-electron chi connectivity index (χ1n) is 1.71. The minimum atomic E-state index is -5.62. The molecular weight excluding hydrogens is 230 g/mol. The molecule has 0 fully saturated rings. The Labute approximate surface area is 106 Å². The Morgan fingerprint density at radius 3 is 1.55 bits per heavy atom. The second-order valence-corrected chi connectivity index (χ2v) is 2.14. The molecule has 0 unspecified atom stereocenters. The van der Waals surface area contributed by atoms with Crippen LogP contribution in [0.1, 0.15) is 6.92 Å². The van der Waals surface area contributed by atoms with Crippen molar-refractivity contribution in [1.82, 2.24) is 0 Å². The molecule has 0 aliphatic rings. The average molecular weight is 234 g/mol. The van der Waals surface area contributed by atoms with Crippen LogP contribution < -0.4 is 55.6 Å². The van der Waals surface area contributed by atoms with Gasteiger partial charge in [0.2, 0.25) is 0 Å². The molecule has 0 aromatic heterocycles. The first-order valence-corrected chi connectivity index (χ1v) is 3.64. The van der Waals surface area contributed by atoms with E-state index >= 15 is 0 Å². The number of carbonyl (C=O) groups is 1. The van der Waals surface area contributed by atoms with Crippen LogP contribution >= 0.6 is 0 Å². The number of hydrogen-bond donors (Lipinski definition) is 1. The van der Waals surface area contributed by atoms with Crippen LogP contribution in [-0.2, 0) is 34.2 Å². The van der Waals surface area contributed by atoms with Gasteiger partial charge in [-0.2, -0.15) is 5.26 Å². The van der Waals surface area contributed by atoms with E-state index in [1.54, 1.807) is 0 Å². The standard InChI is InChI=1S/C2H4O3.K.Mn.4O/c1-2(3)5-4;;;;;;/h4H,1H3;;;;;;/q;+1;;;;;-1. The summed E-state index contributed by atoms with van der Waals surface area (Å²) in [6.45, 7) is 1.11. The molecule has 0 spiro atoms. The minimum absolute atomic E-state index is 0. The summed E-state index contributed by atoms with van der Waals surface area (Å²) in [6.07, 6.45) is 0. The molecule has 0 aromatic carbocycles. The van der Waals surface area contributed by atoms with Crippen molar-refractivity contribution >= 4 is 5.97 Å². The fraction of sp³-hybridized carbons (Fsp3) is 0.500. The third-order valence-corrected chi connectivity index (χ3v) is 0.129. The molecule has 0 rings (SSSR count). The van der Waals surface area contributed by atoms with Crippen LogP contribution in [0, 0.1) is 0 Å². The molecule has 0 saturated carbocycles. The number of hydrogen-bond acceptors (Lipinski definition) is 7. The maximum atomic E-state index is 9.34. The van der Waals surface area contributed by atoms with Crippen molar-refractivity contribution in [2.24, 2.45) is 0 Å². The predicted octanol–water partition coefficient (Wildman–Crippen LogP) is -4.52. The van der Waals surface area contributed by atoms with Gasteiger partial charge in [0.25, 0.3) is 0 Å². The van der Waals surface area contributed by atoms with Gasteiger partial charge in [0.1, 0.15) is 0 Å². The molecular formula is C2H4KMnO7. The van der Waals surface area contributed by atoms with Gasteiger partial charge in [-0.3, -0.25) is 0 Å². The maximum absolute atomic E-state index is 9.34. The first-order chi connectivity index (χ1) is 4.27. The van der Waals surface area contributed by atoms with Gasteiger partial charge in [-0.1, -0.05) is 0 Å². The molecule has 0 heterocycles. The van der Waals surface area contributed by atoms with E-state index in [2.05, 4.69) is 4.89 Å². The average Bonchev–Trinajstić information content (AvgIpc) is 1.61. The summed E-state index contributed by atoms with van der Waals surface area (Å²) in [6, 6.07) is 0. The van der Waals surface area contributed by atoms with Crippen LogP contribution in [0.4, 0.5) is 0 Å². The third kappa shape index (κ3) is 101. The normalized spacial score (nSPS) is 8.27. The zero-order valence-corrected chi connectivity index (χ0v) is 10.1. The monoisotopic (exact) mass is 234 g/mol. The zero-order chi connectivity index (χ0) is 8.78. The van der Waals surface area contributed by atoms with Crippen LogP contribution in [0.5, 0.6) is 0 Å². The first kappa shape index (κ1) is 17.9. The van der Waals surface area contributed by atoms with E-state index in [0.29, 0.717) is 0 Å². The molecule has 0 aromatic rings. The summed E-state index contributed by atoms with van der Waals surface area (Å²) in [4.78, 5) is 12.5. The van der Waals surface area contributed by atoms with Crippen molar-refractivity contribution in [1.29, 1.82) is 0 Å². The molecule has 62 valence electrons. The van der Waals surface area contributed by atoms with Gasteiger partial charge in [0, 0.05) is 6.92 Å². The molecule has 0 amide bonds. The van der Waals surface area contributed by atoms with Gasteiger partial charge >= 0.3 is 86.0 Å². The van der Waals surface area contributed by atoms with Crippen molar-refractivity contribution in [2.75, 3.05) is 0 Å². The Kier molecular flexibility index (Phi) is 14.7. The van der Waals surface area contributed by atoms with Gasteiger partial charge in [0.05, 0.1) is 0 Å². The number of carbonyl (C=O) groups excluding carboxylic acids is 1. The van der Waals surface area contributed by atoms with E-state index in [9.17, 15) is 4.79 Å². The summed E-state index contributed by atoms with van der Waals surface area (Å²) >= 11 is -5.62.